The van der Waals surface area contributed by atoms with E-state index in [9.17, 15) is 9.18 Å². The van der Waals surface area contributed by atoms with Crippen LogP contribution in [-0.4, -0.2) is 26.1 Å². The van der Waals surface area contributed by atoms with Crippen LogP contribution in [0.5, 0.6) is 5.75 Å². The number of benzene rings is 1. The van der Waals surface area contributed by atoms with Crippen LogP contribution < -0.4 is 15.4 Å². The van der Waals surface area contributed by atoms with Crippen molar-refractivity contribution in [2.24, 2.45) is 11.3 Å². The molecule has 1 heterocycles. The third-order valence-electron chi connectivity index (χ3n) is 4.82. The van der Waals surface area contributed by atoms with Gasteiger partial charge in [-0.15, -0.1) is 12.4 Å². The molecule has 0 aromatic heterocycles. The second-order valence-corrected chi connectivity index (χ2v) is 6.04. The van der Waals surface area contributed by atoms with E-state index in [2.05, 4.69) is 10.6 Å². The fourth-order valence-corrected chi connectivity index (χ4v) is 3.30. The number of ether oxygens (including phenoxy) is 1. The van der Waals surface area contributed by atoms with Gasteiger partial charge in [-0.3, -0.25) is 4.79 Å². The molecule has 2 aliphatic rings. The summed E-state index contributed by atoms with van der Waals surface area (Å²) in [6.07, 6.45) is 3.12. The molecule has 1 amide bonds. The smallest absolute Gasteiger partial charge is 0.223 e. The van der Waals surface area contributed by atoms with Gasteiger partial charge in [0.2, 0.25) is 5.91 Å². The first kappa shape index (κ1) is 17.0. The number of rotatable bonds is 4. The largest absolute Gasteiger partial charge is 0.497 e. The number of halogens is 2. The number of carbonyl (C=O) groups excluding carboxylic acids is 1. The van der Waals surface area contributed by atoms with E-state index in [0.29, 0.717) is 11.3 Å². The molecule has 2 N–H and O–H groups in total. The van der Waals surface area contributed by atoms with Crippen LogP contribution in [0.15, 0.2) is 18.2 Å². The van der Waals surface area contributed by atoms with Gasteiger partial charge in [0.1, 0.15) is 11.6 Å². The maximum absolute atomic E-state index is 13.8. The Morgan fingerprint density at radius 1 is 1.45 bits per heavy atom. The van der Waals surface area contributed by atoms with Gasteiger partial charge in [-0.2, -0.15) is 0 Å². The van der Waals surface area contributed by atoms with E-state index in [1.54, 1.807) is 12.1 Å². The molecule has 1 atom stereocenters. The third kappa shape index (κ3) is 3.36. The Balaban J connectivity index is 0.00000176. The van der Waals surface area contributed by atoms with Gasteiger partial charge >= 0.3 is 0 Å². The number of carbonyl (C=O) groups is 1. The van der Waals surface area contributed by atoms with E-state index in [-0.39, 0.29) is 42.0 Å². The maximum Gasteiger partial charge on any atom is 0.223 e. The molecular formula is C16H22ClFN2O2. The molecule has 122 valence electrons. The van der Waals surface area contributed by atoms with Crippen LogP contribution in [0, 0.1) is 17.2 Å². The van der Waals surface area contributed by atoms with Gasteiger partial charge < -0.3 is 15.4 Å². The summed E-state index contributed by atoms with van der Waals surface area (Å²) in [7, 11) is 1.50. The van der Waals surface area contributed by atoms with Crippen molar-refractivity contribution in [1.82, 2.24) is 10.6 Å². The Hall–Kier alpha value is -1.33. The van der Waals surface area contributed by atoms with Crippen molar-refractivity contribution < 1.29 is 13.9 Å². The van der Waals surface area contributed by atoms with E-state index in [1.165, 1.54) is 13.2 Å². The van der Waals surface area contributed by atoms with Crippen LogP contribution in [-0.2, 0) is 11.3 Å². The molecule has 1 aromatic carbocycles. The minimum absolute atomic E-state index is 0. The summed E-state index contributed by atoms with van der Waals surface area (Å²) >= 11 is 0. The summed E-state index contributed by atoms with van der Waals surface area (Å²) in [5.41, 5.74) is 0.706. The molecule has 0 bridgehead atoms. The van der Waals surface area contributed by atoms with Gasteiger partial charge in [0.05, 0.1) is 7.11 Å². The van der Waals surface area contributed by atoms with Crippen molar-refractivity contribution in [1.29, 1.82) is 0 Å². The van der Waals surface area contributed by atoms with Crippen molar-refractivity contribution in [2.75, 3.05) is 20.2 Å². The maximum atomic E-state index is 13.8. The number of hydrogen-bond acceptors (Lipinski definition) is 3. The van der Waals surface area contributed by atoms with Crippen LogP contribution >= 0.6 is 12.4 Å². The van der Waals surface area contributed by atoms with E-state index >= 15 is 0 Å². The molecule has 1 unspecified atom stereocenters. The first-order chi connectivity index (χ1) is 10.1. The molecule has 22 heavy (non-hydrogen) atoms. The molecule has 3 rings (SSSR count). The molecule has 1 saturated heterocycles. The number of piperidine rings is 1. The Labute approximate surface area is 136 Å². The highest BCUT2D eigenvalue weighted by molar-refractivity contribution is 5.85. The molecule has 4 nitrogen and oxygen atoms in total. The van der Waals surface area contributed by atoms with Gasteiger partial charge in [-0.05, 0) is 43.8 Å². The van der Waals surface area contributed by atoms with E-state index in [0.717, 1.165) is 32.4 Å². The molecule has 1 spiro atoms. The lowest BCUT2D eigenvalue weighted by atomic mass is 9.92. The molecule has 1 saturated carbocycles. The Kier molecular flexibility index (Phi) is 5.29. The van der Waals surface area contributed by atoms with E-state index < -0.39 is 0 Å². The molecule has 2 fully saturated rings. The van der Waals surface area contributed by atoms with Crippen molar-refractivity contribution >= 4 is 18.3 Å². The van der Waals surface area contributed by atoms with Crippen LogP contribution in [0.1, 0.15) is 24.8 Å². The second-order valence-electron chi connectivity index (χ2n) is 6.04. The predicted octanol–water partition coefficient (Wildman–Crippen LogP) is 2.26. The minimum atomic E-state index is -0.345. The van der Waals surface area contributed by atoms with Gasteiger partial charge in [0.15, 0.2) is 0 Å². The van der Waals surface area contributed by atoms with Crippen molar-refractivity contribution in [3.63, 3.8) is 0 Å². The highest BCUT2D eigenvalue weighted by Gasteiger charge is 2.57. The minimum Gasteiger partial charge on any atom is -0.497 e. The quantitative estimate of drug-likeness (QED) is 0.891. The number of methoxy groups -OCH3 is 1. The SMILES string of the molecule is COc1ccc(CNC(=O)C2CC23CCNCC3)c(F)c1.Cl. The lowest BCUT2D eigenvalue weighted by molar-refractivity contribution is -0.123. The van der Waals surface area contributed by atoms with Gasteiger partial charge in [-0.1, -0.05) is 6.07 Å². The normalized spacial score (nSPS) is 21.8. The Bertz CT molecular complexity index is 547. The summed E-state index contributed by atoms with van der Waals surface area (Å²) in [6, 6.07) is 4.70. The molecule has 1 aliphatic heterocycles. The first-order valence-electron chi connectivity index (χ1n) is 7.45. The molecule has 1 aromatic rings. The summed E-state index contributed by atoms with van der Waals surface area (Å²) in [5, 5.41) is 6.19. The molecular weight excluding hydrogens is 307 g/mol. The fraction of sp³-hybridized carbons (Fsp3) is 0.562. The molecule has 1 aliphatic carbocycles. The predicted molar refractivity (Wildman–Crippen MR) is 84.7 cm³/mol. The number of nitrogens with one attached hydrogen (secondary N) is 2. The average Bonchev–Trinajstić information content (AvgIpc) is 3.19. The highest BCUT2D eigenvalue weighted by atomic mass is 35.5. The average molecular weight is 329 g/mol. The second kappa shape index (κ2) is 6.84. The Morgan fingerprint density at radius 3 is 2.82 bits per heavy atom. The van der Waals surface area contributed by atoms with Gasteiger partial charge in [0, 0.05) is 24.1 Å². The fourth-order valence-electron chi connectivity index (χ4n) is 3.30. The zero-order chi connectivity index (χ0) is 14.9. The van der Waals surface area contributed by atoms with Crippen LogP contribution in [0.2, 0.25) is 0 Å². The number of amides is 1. The number of hydrogen-bond donors (Lipinski definition) is 2. The zero-order valence-corrected chi connectivity index (χ0v) is 13.5. The summed E-state index contributed by atoms with van der Waals surface area (Å²) < 4.78 is 18.8. The van der Waals surface area contributed by atoms with Gasteiger partial charge in [0.25, 0.3) is 0 Å². The van der Waals surface area contributed by atoms with Gasteiger partial charge in [-0.25, -0.2) is 4.39 Å². The van der Waals surface area contributed by atoms with E-state index in [1.807, 2.05) is 0 Å². The Morgan fingerprint density at radius 2 is 2.18 bits per heavy atom. The summed E-state index contributed by atoms with van der Waals surface area (Å²) in [4.78, 5) is 12.2. The van der Waals surface area contributed by atoms with Crippen molar-refractivity contribution in [2.45, 2.75) is 25.8 Å². The standard InChI is InChI=1S/C16H21FN2O2.ClH/c1-21-12-3-2-11(14(17)8-12)10-19-15(20)13-9-16(13)4-6-18-7-5-16;/h2-3,8,13,18H,4-7,9-10H2,1H3,(H,19,20);1H. The highest BCUT2D eigenvalue weighted by Crippen LogP contribution is 2.58. The summed E-state index contributed by atoms with van der Waals surface area (Å²) in [6.45, 7) is 2.23. The molecule has 6 heteroatoms. The van der Waals surface area contributed by atoms with Crippen LogP contribution in [0.25, 0.3) is 0 Å². The first-order valence-corrected chi connectivity index (χ1v) is 7.45. The molecule has 0 radical (unpaired) electrons. The van der Waals surface area contributed by atoms with E-state index in [4.69, 9.17) is 4.74 Å². The van der Waals surface area contributed by atoms with Crippen molar-refractivity contribution in [3.8, 4) is 5.75 Å². The van der Waals surface area contributed by atoms with Crippen molar-refractivity contribution in [3.05, 3.63) is 29.6 Å². The lowest BCUT2D eigenvalue weighted by Gasteiger charge is -2.23. The zero-order valence-electron chi connectivity index (χ0n) is 12.7. The lowest BCUT2D eigenvalue weighted by Crippen LogP contribution is -2.33. The topological polar surface area (TPSA) is 50.4 Å². The third-order valence-corrected chi connectivity index (χ3v) is 4.82. The summed E-state index contributed by atoms with van der Waals surface area (Å²) in [5.74, 6) is 0.313. The monoisotopic (exact) mass is 328 g/mol. The van der Waals surface area contributed by atoms with Crippen LogP contribution in [0.3, 0.4) is 0 Å². The van der Waals surface area contributed by atoms with Crippen LogP contribution in [0.4, 0.5) is 4.39 Å².